The summed E-state index contributed by atoms with van der Waals surface area (Å²) in [5, 5.41) is 7.57. The van der Waals surface area contributed by atoms with E-state index in [1.165, 1.54) is 12.6 Å². The standard InChI is InChI=1S/C23H23FN6O/c24-14-8-16-19(25-9-14)4-3-18(12-1-2-12)27-23(31)17-10-26-30-6-5-20(28-22(17)30)29-11-13-7-15(13)21(16)29/h5-6,8-10,12-13,15,18,21H,1-4,7,11H2,(H,27,31)/t13-,15-,18-,21-/m0/s1. The first kappa shape index (κ1) is 17.6. The third kappa shape index (κ3) is 2.77. The van der Waals surface area contributed by atoms with Gasteiger partial charge in [-0.05, 0) is 67.6 Å². The van der Waals surface area contributed by atoms with E-state index in [9.17, 15) is 9.18 Å². The van der Waals surface area contributed by atoms with Crippen LogP contribution in [0.15, 0.2) is 30.7 Å². The molecule has 0 radical (unpaired) electrons. The number of aromatic nitrogens is 4. The lowest BCUT2D eigenvalue weighted by molar-refractivity contribution is 0.0931. The molecule has 31 heavy (non-hydrogen) atoms. The van der Waals surface area contributed by atoms with Crippen molar-refractivity contribution in [2.75, 3.05) is 11.4 Å². The number of aryl methyl sites for hydroxylation is 1. The molecule has 3 aromatic rings. The third-order valence-electron chi connectivity index (χ3n) is 7.53. The molecule has 1 N–H and O–H groups in total. The first-order chi connectivity index (χ1) is 15.2. The van der Waals surface area contributed by atoms with Crippen molar-refractivity contribution in [3.8, 4) is 0 Å². The molecule has 0 unspecified atom stereocenters. The van der Waals surface area contributed by atoms with Crippen LogP contribution in [0.4, 0.5) is 10.2 Å². The van der Waals surface area contributed by atoms with Crippen molar-refractivity contribution in [1.29, 1.82) is 0 Å². The predicted octanol–water partition coefficient (Wildman–Crippen LogP) is 2.92. The Morgan fingerprint density at radius 1 is 1.16 bits per heavy atom. The highest BCUT2D eigenvalue weighted by Crippen LogP contribution is 2.57. The number of rotatable bonds is 1. The van der Waals surface area contributed by atoms with E-state index < -0.39 is 0 Å². The number of carbonyl (C=O) groups is 1. The second-order valence-electron chi connectivity index (χ2n) is 9.51. The average Bonchev–Trinajstić information content (AvgIpc) is 3.68. The average molecular weight is 418 g/mol. The second-order valence-corrected chi connectivity index (χ2v) is 9.51. The van der Waals surface area contributed by atoms with E-state index in [0.717, 1.165) is 49.3 Å². The topological polar surface area (TPSA) is 75.4 Å². The fraction of sp³-hybridized carbons (Fsp3) is 0.478. The van der Waals surface area contributed by atoms with Gasteiger partial charge in [0, 0.05) is 24.5 Å². The van der Waals surface area contributed by atoms with Crippen molar-refractivity contribution in [3.05, 3.63) is 53.4 Å². The highest BCUT2D eigenvalue weighted by molar-refractivity contribution is 6.00. The largest absolute Gasteiger partial charge is 0.349 e. The zero-order chi connectivity index (χ0) is 20.7. The fourth-order valence-electron chi connectivity index (χ4n) is 5.69. The summed E-state index contributed by atoms with van der Waals surface area (Å²) in [6.45, 7) is 0.898. The number of fused-ring (bicyclic) bond motifs is 7. The van der Waals surface area contributed by atoms with Gasteiger partial charge in [-0.2, -0.15) is 5.10 Å². The highest BCUT2D eigenvalue weighted by Gasteiger charge is 2.54. The molecule has 7 rings (SSSR count). The van der Waals surface area contributed by atoms with E-state index in [1.807, 2.05) is 12.3 Å². The summed E-state index contributed by atoms with van der Waals surface area (Å²) in [4.78, 5) is 24.8. The Balaban J connectivity index is 1.41. The number of carbonyl (C=O) groups excluding carboxylic acids is 1. The number of amides is 1. The molecule has 5 heterocycles. The molecule has 158 valence electrons. The van der Waals surface area contributed by atoms with Crippen LogP contribution in [0.1, 0.15) is 53.3 Å². The Hall–Kier alpha value is -3.03. The van der Waals surface area contributed by atoms with E-state index in [4.69, 9.17) is 4.98 Å². The maximum Gasteiger partial charge on any atom is 0.256 e. The SMILES string of the molecule is O=C1N[C@H](C2CC2)CCc2ncc(F)cc2[C@@H]2[C@H]3C[C@H]3CN2c2ccn3ncc1c3n2. The molecular formula is C23H23FN6O. The predicted molar refractivity (Wildman–Crippen MR) is 111 cm³/mol. The Morgan fingerprint density at radius 2 is 2.06 bits per heavy atom. The number of nitrogens with zero attached hydrogens (tertiary/aromatic N) is 5. The number of piperidine rings is 1. The van der Waals surface area contributed by atoms with E-state index in [-0.39, 0.29) is 23.8 Å². The van der Waals surface area contributed by atoms with Gasteiger partial charge < -0.3 is 10.2 Å². The van der Waals surface area contributed by atoms with E-state index >= 15 is 0 Å². The molecule has 4 atom stereocenters. The first-order valence-corrected chi connectivity index (χ1v) is 11.2. The summed E-state index contributed by atoms with van der Waals surface area (Å²) in [5.41, 5.74) is 3.02. The molecule has 0 aromatic carbocycles. The molecule has 8 heteroatoms. The lowest BCUT2D eigenvalue weighted by atomic mass is 9.95. The Bertz CT molecular complexity index is 1220. The fourth-order valence-corrected chi connectivity index (χ4v) is 5.69. The van der Waals surface area contributed by atoms with Gasteiger partial charge in [0.05, 0.1) is 18.4 Å². The van der Waals surface area contributed by atoms with Gasteiger partial charge in [0.2, 0.25) is 0 Å². The molecule has 7 nitrogen and oxygen atoms in total. The van der Waals surface area contributed by atoms with E-state index in [0.29, 0.717) is 29.0 Å². The van der Waals surface area contributed by atoms with Gasteiger partial charge in [-0.3, -0.25) is 9.78 Å². The smallest absolute Gasteiger partial charge is 0.256 e. The molecule has 3 aromatic heterocycles. The minimum absolute atomic E-state index is 0.0771. The Labute approximate surface area is 178 Å². The van der Waals surface area contributed by atoms with Gasteiger partial charge >= 0.3 is 0 Å². The molecule has 3 fully saturated rings. The van der Waals surface area contributed by atoms with Crippen LogP contribution in [0.5, 0.6) is 0 Å². The van der Waals surface area contributed by atoms with Crippen molar-refractivity contribution < 1.29 is 9.18 Å². The summed E-state index contributed by atoms with van der Waals surface area (Å²) >= 11 is 0. The van der Waals surface area contributed by atoms with E-state index in [2.05, 4.69) is 20.3 Å². The quantitative estimate of drug-likeness (QED) is 0.658. The molecule has 1 amide bonds. The van der Waals surface area contributed by atoms with Crippen LogP contribution in [0.2, 0.25) is 0 Å². The Kier molecular flexibility index (Phi) is 3.55. The molecule has 2 aliphatic carbocycles. The van der Waals surface area contributed by atoms with Gasteiger partial charge in [-0.25, -0.2) is 13.9 Å². The number of anilines is 1. The number of nitrogens with one attached hydrogen (secondary N) is 1. The number of halogens is 1. The summed E-state index contributed by atoms with van der Waals surface area (Å²) in [7, 11) is 0. The van der Waals surface area contributed by atoms with Crippen molar-refractivity contribution >= 4 is 17.4 Å². The molecule has 4 aliphatic rings. The summed E-state index contributed by atoms with van der Waals surface area (Å²) in [5.74, 6) is 2.02. The van der Waals surface area contributed by atoms with Crippen molar-refractivity contribution in [2.45, 2.75) is 44.2 Å². The number of hydrogen-bond acceptors (Lipinski definition) is 5. The van der Waals surface area contributed by atoms with Crippen LogP contribution < -0.4 is 10.2 Å². The minimum atomic E-state index is -0.291. The third-order valence-corrected chi connectivity index (χ3v) is 7.53. The normalized spacial score (nSPS) is 29.5. The monoisotopic (exact) mass is 418 g/mol. The lowest BCUT2D eigenvalue weighted by Crippen LogP contribution is -2.37. The molecule has 0 spiro atoms. The van der Waals surface area contributed by atoms with Crippen LogP contribution in [-0.4, -0.2) is 38.1 Å². The maximum atomic E-state index is 14.3. The minimum Gasteiger partial charge on any atom is -0.349 e. The highest BCUT2D eigenvalue weighted by atomic mass is 19.1. The number of hydrogen-bond donors (Lipinski definition) is 1. The van der Waals surface area contributed by atoms with Crippen LogP contribution in [0, 0.1) is 23.6 Å². The van der Waals surface area contributed by atoms with Crippen molar-refractivity contribution in [3.63, 3.8) is 0 Å². The van der Waals surface area contributed by atoms with Crippen molar-refractivity contribution in [1.82, 2.24) is 24.9 Å². The summed E-state index contributed by atoms with van der Waals surface area (Å²) in [6.07, 6.45) is 9.76. The zero-order valence-electron chi connectivity index (χ0n) is 17.0. The van der Waals surface area contributed by atoms with Crippen LogP contribution in [0.25, 0.3) is 5.65 Å². The van der Waals surface area contributed by atoms with Gasteiger partial charge in [0.15, 0.2) is 5.65 Å². The molecule has 1 saturated heterocycles. The summed E-state index contributed by atoms with van der Waals surface area (Å²) in [6, 6.07) is 3.78. The van der Waals surface area contributed by atoms with Gasteiger partial charge in [-0.1, -0.05) is 0 Å². The molecule has 2 aliphatic heterocycles. The zero-order valence-corrected chi connectivity index (χ0v) is 17.0. The van der Waals surface area contributed by atoms with Gasteiger partial charge in [-0.15, -0.1) is 0 Å². The van der Waals surface area contributed by atoms with Gasteiger partial charge in [0.25, 0.3) is 5.91 Å². The van der Waals surface area contributed by atoms with E-state index in [1.54, 1.807) is 16.8 Å². The van der Waals surface area contributed by atoms with Crippen molar-refractivity contribution in [2.24, 2.45) is 17.8 Å². The first-order valence-electron chi connectivity index (χ1n) is 11.2. The molecular weight excluding hydrogens is 395 g/mol. The van der Waals surface area contributed by atoms with Gasteiger partial charge in [0.1, 0.15) is 17.2 Å². The maximum absolute atomic E-state index is 14.3. The van der Waals surface area contributed by atoms with Crippen LogP contribution in [0.3, 0.4) is 0 Å². The summed E-state index contributed by atoms with van der Waals surface area (Å²) < 4.78 is 16.0. The molecule has 2 saturated carbocycles. The molecule has 2 bridgehead atoms. The second kappa shape index (κ2) is 6.24. The number of pyridine rings is 1. The lowest BCUT2D eigenvalue weighted by Gasteiger charge is -2.30. The van der Waals surface area contributed by atoms with Crippen LogP contribution >= 0.6 is 0 Å². The Morgan fingerprint density at radius 3 is 2.94 bits per heavy atom. The van der Waals surface area contributed by atoms with Crippen LogP contribution in [-0.2, 0) is 6.42 Å².